The molecule has 37 heavy (non-hydrogen) atoms. The number of hydrogen-bond donors (Lipinski definition) is 1. The molecule has 0 amide bonds. The highest BCUT2D eigenvalue weighted by Gasteiger charge is 2.28. The molecule has 0 radical (unpaired) electrons. The first-order valence-corrected chi connectivity index (χ1v) is 13.6. The highest BCUT2D eigenvalue weighted by Crippen LogP contribution is 2.26. The maximum absolute atomic E-state index is 13.2. The Hall–Kier alpha value is -2.66. The third kappa shape index (κ3) is 6.09. The van der Waals surface area contributed by atoms with Gasteiger partial charge in [-0.05, 0) is 66.8 Å². The van der Waals surface area contributed by atoms with Gasteiger partial charge in [0.05, 0.1) is 31.9 Å². The SMILES string of the molecule is CCC(c1nnnn1CC1CCCO1)N(CCN1CCOCC1)Cc1cc2c(C)cc(C)cc2[nH]c1=O. The van der Waals surface area contributed by atoms with E-state index in [9.17, 15) is 4.79 Å². The number of tetrazole rings is 1. The zero-order chi connectivity index (χ0) is 25.8. The number of nitrogens with one attached hydrogen (secondary N) is 1. The molecule has 1 N–H and O–H groups in total. The second kappa shape index (κ2) is 11.8. The van der Waals surface area contributed by atoms with Gasteiger partial charge in [-0.2, -0.15) is 0 Å². The Morgan fingerprint density at radius 2 is 2.03 bits per heavy atom. The number of hydrogen-bond acceptors (Lipinski definition) is 8. The second-order valence-corrected chi connectivity index (χ2v) is 10.4. The van der Waals surface area contributed by atoms with Crippen LogP contribution in [0.15, 0.2) is 23.0 Å². The van der Waals surface area contributed by atoms with Crippen molar-refractivity contribution in [1.29, 1.82) is 0 Å². The van der Waals surface area contributed by atoms with Gasteiger partial charge < -0.3 is 14.5 Å². The molecule has 10 heteroatoms. The average Bonchev–Trinajstić information content (AvgIpc) is 3.57. The molecule has 0 bridgehead atoms. The van der Waals surface area contributed by atoms with Crippen LogP contribution in [0.1, 0.15) is 54.7 Å². The van der Waals surface area contributed by atoms with Crippen molar-refractivity contribution in [2.24, 2.45) is 0 Å². The Labute approximate surface area is 217 Å². The van der Waals surface area contributed by atoms with E-state index in [4.69, 9.17) is 9.47 Å². The number of aryl methyl sites for hydroxylation is 2. The van der Waals surface area contributed by atoms with E-state index >= 15 is 0 Å². The van der Waals surface area contributed by atoms with Gasteiger partial charge in [-0.25, -0.2) is 4.68 Å². The van der Waals surface area contributed by atoms with Gasteiger partial charge in [-0.3, -0.25) is 14.6 Å². The fraction of sp³-hybridized carbons (Fsp3) is 0.630. The molecule has 0 spiro atoms. The lowest BCUT2D eigenvalue weighted by molar-refractivity contribution is 0.0289. The van der Waals surface area contributed by atoms with Crippen molar-refractivity contribution in [2.45, 2.75) is 65.3 Å². The molecule has 0 saturated carbocycles. The average molecular weight is 510 g/mol. The highest BCUT2D eigenvalue weighted by atomic mass is 16.5. The molecular formula is C27H39N7O3. The summed E-state index contributed by atoms with van der Waals surface area (Å²) in [4.78, 5) is 21.1. The Balaban J connectivity index is 1.44. The number of ether oxygens (including phenoxy) is 2. The third-order valence-corrected chi connectivity index (χ3v) is 7.66. The lowest BCUT2D eigenvalue weighted by Crippen LogP contribution is -2.43. The number of nitrogens with zero attached hydrogens (tertiary/aromatic N) is 6. The quantitative estimate of drug-likeness (QED) is 0.445. The van der Waals surface area contributed by atoms with Crippen molar-refractivity contribution < 1.29 is 9.47 Å². The molecule has 2 fully saturated rings. The van der Waals surface area contributed by atoms with Crippen LogP contribution >= 0.6 is 0 Å². The molecule has 2 atom stereocenters. The number of aromatic amines is 1. The van der Waals surface area contributed by atoms with Crippen LogP contribution in [0.4, 0.5) is 0 Å². The maximum Gasteiger partial charge on any atom is 0.252 e. The summed E-state index contributed by atoms with van der Waals surface area (Å²) in [6.45, 7) is 13.4. The van der Waals surface area contributed by atoms with Crippen LogP contribution in [0.2, 0.25) is 0 Å². The van der Waals surface area contributed by atoms with Gasteiger partial charge in [0.2, 0.25) is 0 Å². The topological polar surface area (TPSA) is 101 Å². The summed E-state index contributed by atoms with van der Waals surface area (Å²) in [6.07, 6.45) is 3.09. The van der Waals surface area contributed by atoms with E-state index in [1.165, 1.54) is 5.56 Å². The highest BCUT2D eigenvalue weighted by molar-refractivity contribution is 5.83. The fourth-order valence-electron chi connectivity index (χ4n) is 5.66. The van der Waals surface area contributed by atoms with E-state index in [0.717, 1.165) is 93.1 Å². The van der Waals surface area contributed by atoms with E-state index < -0.39 is 0 Å². The summed E-state index contributed by atoms with van der Waals surface area (Å²) in [5.41, 5.74) is 3.92. The minimum Gasteiger partial charge on any atom is -0.379 e. The standard InChI is InChI=1S/C27H39N7O3/c1-4-25(26-29-30-31-34(26)18-22-6-5-11-37-22)33(8-7-32-9-12-36-13-10-32)17-21-16-23-20(3)14-19(2)15-24(23)28-27(21)35/h14-16,22,25H,4-13,17-18H2,1-3H3,(H,28,35). The van der Waals surface area contributed by atoms with E-state index in [-0.39, 0.29) is 17.7 Å². The zero-order valence-corrected chi connectivity index (χ0v) is 22.3. The van der Waals surface area contributed by atoms with E-state index in [1.807, 2.05) is 10.7 Å². The van der Waals surface area contributed by atoms with E-state index in [0.29, 0.717) is 13.1 Å². The van der Waals surface area contributed by atoms with Gasteiger partial charge in [0.1, 0.15) is 0 Å². The number of pyridine rings is 1. The molecule has 2 aliphatic rings. The normalized spacial score (nSPS) is 19.7. The zero-order valence-electron chi connectivity index (χ0n) is 22.3. The summed E-state index contributed by atoms with van der Waals surface area (Å²) in [5.74, 6) is 0.837. The molecule has 2 unspecified atom stereocenters. The first-order valence-electron chi connectivity index (χ1n) is 13.6. The lowest BCUT2D eigenvalue weighted by atomic mass is 10.0. The molecular weight excluding hydrogens is 470 g/mol. The minimum absolute atomic E-state index is 0.0216. The molecule has 10 nitrogen and oxygen atoms in total. The monoisotopic (exact) mass is 509 g/mol. The van der Waals surface area contributed by atoms with Crippen LogP contribution in [0.5, 0.6) is 0 Å². The van der Waals surface area contributed by atoms with Crippen molar-refractivity contribution in [3.05, 3.63) is 51.1 Å². The number of rotatable bonds is 10. The van der Waals surface area contributed by atoms with Gasteiger partial charge in [0.15, 0.2) is 5.82 Å². The van der Waals surface area contributed by atoms with Gasteiger partial charge >= 0.3 is 0 Å². The number of fused-ring (bicyclic) bond motifs is 1. The third-order valence-electron chi connectivity index (χ3n) is 7.66. The number of benzene rings is 1. The molecule has 2 saturated heterocycles. The first kappa shape index (κ1) is 26.0. The van der Waals surface area contributed by atoms with Gasteiger partial charge in [0, 0.05) is 55.8 Å². The molecule has 200 valence electrons. The number of aromatic nitrogens is 5. The lowest BCUT2D eigenvalue weighted by Gasteiger charge is -2.34. The van der Waals surface area contributed by atoms with Crippen LogP contribution in [0, 0.1) is 13.8 Å². The van der Waals surface area contributed by atoms with E-state index in [1.54, 1.807) is 0 Å². The number of morpholine rings is 1. The predicted octanol–water partition coefficient (Wildman–Crippen LogP) is 2.60. The molecule has 2 aromatic heterocycles. The van der Waals surface area contributed by atoms with Gasteiger partial charge in [0.25, 0.3) is 5.56 Å². The Bertz CT molecular complexity index is 1240. The number of H-pyrrole nitrogens is 1. The van der Waals surface area contributed by atoms with E-state index in [2.05, 4.69) is 63.2 Å². The van der Waals surface area contributed by atoms with Crippen LogP contribution in [0.3, 0.4) is 0 Å². The van der Waals surface area contributed by atoms with Crippen molar-refractivity contribution in [1.82, 2.24) is 35.0 Å². The van der Waals surface area contributed by atoms with Crippen LogP contribution in [0.25, 0.3) is 10.9 Å². The van der Waals surface area contributed by atoms with Crippen LogP contribution in [-0.2, 0) is 22.6 Å². The molecule has 0 aliphatic carbocycles. The van der Waals surface area contributed by atoms with Crippen molar-refractivity contribution in [3.63, 3.8) is 0 Å². The summed E-state index contributed by atoms with van der Waals surface area (Å²) in [5, 5.41) is 13.9. The van der Waals surface area contributed by atoms with Crippen LogP contribution < -0.4 is 5.56 Å². The summed E-state index contributed by atoms with van der Waals surface area (Å²) < 4.78 is 13.3. The molecule has 5 rings (SSSR count). The Morgan fingerprint density at radius 3 is 2.78 bits per heavy atom. The predicted molar refractivity (Wildman–Crippen MR) is 142 cm³/mol. The fourth-order valence-corrected chi connectivity index (χ4v) is 5.66. The largest absolute Gasteiger partial charge is 0.379 e. The minimum atomic E-state index is -0.0392. The Kier molecular flexibility index (Phi) is 8.29. The van der Waals surface area contributed by atoms with Crippen molar-refractivity contribution in [2.75, 3.05) is 46.0 Å². The molecule has 4 heterocycles. The Morgan fingerprint density at radius 1 is 1.19 bits per heavy atom. The maximum atomic E-state index is 13.2. The molecule has 3 aromatic rings. The summed E-state index contributed by atoms with van der Waals surface area (Å²) >= 11 is 0. The smallest absolute Gasteiger partial charge is 0.252 e. The molecule has 1 aromatic carbocycles. The van der Waals surface area contributed by atoms with Crippen LogP contribution in [-0.4, -0.2) is 87.1 Å². The second-order valence-electron chi connectivity index (χ2n) is 10.4. The van der Waals surface area contributed by atoms with Gasteiger partial charge in [-0.1, -0.05) is 13.0 Å². The van der Waals surface area contributed by atoms with Crippen molar-refractivity contribution >= 4 is 10.9 Å². The molecule has 2 aliphatic heterocycles. The van der Waals surface area contributed by atoms with Crippen molar-refractivity contribution in [3.8, 4) is 0 Å². The summed E-state index contributed by atoms with van der Waals surface area (Å²) in [7, 11) is 0. The van der Waals surface area contributed by atoms with Gasteiger partial charge in [-0.15, -0.1) is 5.10 Å². The summed E-state index contributed by atoms with van der Waals surface area (Å²) in [6, 6.07) is 6.24. The first-order chi connectivity index (χ1) is 18.0.